The van der Waals surface area contributed by atoms with Crippen LogP contribution in [0.4, 0.5) is 4.79 Å². The number of benzene rings is 2. The smallest absolute Gasteiger partial charge is 0.457 e. The minimum Gasteiger partial charge on any atom is -0.457 e. The fraction of sp³-hybridized carbons (Fsp3) is 0.0526. The van der Waals surface area contributed by atoms with Gasteiger partial charge in [0.15, 0.2) is 5.75 Å². The summed E-state index contributed by atoms with van der Waals surface area (Å²) in [4.78, 5) is 30.0. The summed E-state index contributed by atoms with van der Waals surface area (Å²) in [5.41, 5.74) is 1.17. The number of H-pyrrole nitrogens is 1. The van der Waals surface area contributed by atoms with E-state index in [9.17, 15) is 9.59 Å². The zero-order valence-electron chi connectivity index (χ0n) is 14.6. The van der Waals surface area contributed by atoms with Crippen molar-refractivity contribution in [2.45, 2.75) is 6.92 Å². The third-order valence-corrected chi connectivity index (χ3v) is 3.90. The molecule has 0 fully saturated rings. The SMILES string of the molecule is Cc1ccc(Oc2ccc3nc(-n4cc(OC(=O)O)cn4)[nH]c(=O)c3c2)cc1. The van der Waals surface area contributed by atoms with Crippen molar-refractivity contribution in [1.82, 2.24) is 19.7 Å². The third-order valence-electron chi connectivity index (χ3n) is 3.90. The number of hydrogen-bond donors (Lipinski definition) is 2. The van der Waals surface area contributed by atoms with Crippen LogP contribution in [0.3, 0.4) is 0 Å². The average Bonchev–Trinajstić information content (AvgIpc) is 3.12. The van der Waals surface area contributed by atoms with E-state index >= 15 is 0 Å². The molecule has 4 rings (SSSR count). The molecule has 0 saturated carbocycles. The predicted octanol–water partition coefficient (Wildman–Crippen LogP) is 3.27. The van der Waals surface area contributed by atoms with Crippen LogP contribution in [-0.2, 0) is 0 Å². The van der Waals surface area contributed by atoms with E-state index in [1.165, 1.54) is 17.1 Å². The Balaban J connectivity index is 1.66. The molecule has 2 heterocycles. The van der Waals surface area contributed by atoms with E-state index in [4.69, 9.17) is 9.84 Å². The first-order chi connectivity index (χ1) is 13.5. The molecule has 0 atom stereocenters. The van der Waals surface area contributed by atoms with Gasteiger partial charge in [-0.05, 0) is 37.3 Å². The largest absolute Gasteiger partial charge is 0.511 e. The van der Waals surface area contributed by atoms with Gasteiger partial charge < -0.3 is 14.6 Å². The van der Waals surface area contributed by atoms with Crippen molar-refractivity contribution in [1.29, 1.82) is 0 Å². The fourth-order valence-electron chi connectivity index (χ4n) is 2.60. The first kappa shape index (κ1) is 17.3. The number of aromatic amines is 1. The van der Waals surface area contributed by atoms with Crippen molar-refractivity contribution >= 4 is 17.1 Å². The van der Waals surface area contributed by atoms with Crippen LogP contribution in [0.1, 0.15) is 5.56 Å². The molecule has 28 heavy (non-hydrogen) atoms. The van der Waals surface area contributed by atoms with Gasteiger partial charge in [0.05, 0.1) is 23.3 Å². The molecule has 0 saturated heterocycles. The van der Waals surface area contributed by atoms with Crippen molar-refractivity contribution in [2.24, 2.45) is 0 Å². The van der Waals surface area contributed by atoms with Gasteiger partial charge in [-0.3, -0.25) is 9.78 Å². The molecule has 0 aliphatic rings. The molecule has 9 heteroatoms. The Kier molecular flexibility index (Phi) is 4.24. The number of hydrogen-bond acceptors (Lipinski definition) is 6. The van der Waals surface area contributed by atoms with Gasteiger partial charge in [0.25, 0.3) is 5.56 Å². The highest BCUT2D eigenvalue weighted by molar-refractivity contribution is 5.79. The molecule has 0 radical (unpaired) electrons. The zero-order chi connectivity index (χ0) is 19.7. The molecule has 2 N–H and O–H groups in total. The lowest BCUT2D eigenvalue weighted by molar-refractivity contribution is 0.144. The number of rotatable bonds is 4. The number of aromatic nitrogens is 4. The van der Waals surface area contributed by atoms with Crippen LogP contribution in [0.2, 0.25) is 0 Å². The van der Waals surface area contributed by atoms with E-state index < -0.39 is 6.16 Å². The number of fused-ring (bicyclic) bond motifs is 1. The highest BCUT2D eigenvalue weighted by Gasteiger charge is 2.10. The van der Waals surface area contributed by atoms with Gasteiger partial charge in [-0.2, -0.15) is 5.10 Å². The average molecular weight is 378 g/mol. The van der Waals surface area contributed by atoms with E-state index in [-0.39, 0.29) is 17.3 Å². The van der Waals surface area contributed by atoms with E-state index in [2.05, 4.69) is 19.8 Å². The second-order valence-corrected chi connectivity index (χ2v) is 5.97. The maximum absolute atomic E-state index is 12.5. The summed E-state index contributed by atoms with van der Waals surface area (Å²) in [5, 5.41) is 12.9. The molecule has 0 aliphatic heterocycles. The second-order valence-electron chi connectivity index (χ2n) is 5.97. The molecular formula is C19H14N4O5. The van der Waals surface area contributed by atoms with Crippen LogP contribution >= 0.6 is 0 Å². The van der Waals surface area contributed by atoms with Gasteiger partial charge in [-0.15, -0.1) is 0 Å². The van der Waals surface area contributed by atoms with Gasteiger partial charge in [0.1, 0.15) is 11.5 Å². The first-order valence-electron chi connectivity index (χ1n) is 8.22. The van der Waals surface area contributed by atoms with E-state index in [1.807, 2.05) is 31.2 Å². The fourth-order valence-corrected chi connectivity index (χ4v) is 2.60. The molecule has 0 unspecified atom stereocenters. The van der Waals surface area contributed by atoms with Crippen molar-refractivity contribution in [3.05, 3.63) is 70.8 Å². The summed E-state index contributed by atoms with van der Waals surface area (Å²) < 4.78 is 11.5. The Labute approximate surface area is 157 Å². The summed E-state index contributed by atoms with van der Waals surface area (Å²) in [7, 11) is 0. The molecule has 0 amide bonds. The lowest BCUT2D eigenvalue weighted by Crippen LogP contribution is -2.13. The maximum Gasteiger partial charge on any atom is 0.511 e. The lowest BCUT2D eigenvalue weighted by Gasteiger charge is -2.07. The standard InChI is InChI=1S/C19H14N4O5/c1-11-2-4-12(5-3-11)27-13-6-7-16-15(8-13)17(24)22-18(21-16)23-10-14(9-20-23)28-19(25)26/h2-10H,1H3,(H,25,26)(H,21,22,24). The monoisotopic (exact) mass is 378 g/mol. The minimum absolute atomic E-state index is 0.0112. The predicted molar refractivity (Wildman–Crippen MR) is 99.4 cm³/mol. The van der Waals surface area contributed by atoms with Crippen molar-refractivity contribution in [3.8, 4) is 23.2 Å². The molecule has 2 aromatic heterocycles. The summed E-state index contributed by atoms with van der Waals surface area (Å²) in [6, 6.07) is 12.5. The Hall–Kier alpha value is -4.14. The van der Waals surface area contributed by atoms with Gasteiger partial charge in [0, 0.05) is 0 Å². The van der Waals surface area contributed by atoms with Crippen LogP contribution in [0, 0.1) is 6.92 Å². The van der Waals surface area contributed by atoms with Crippen molar-refractivity contribution in [2.75, 3.05) is 0 Å². The van der Waals surface area contributed by atoms with Crippen molar-refractivity contribution in [3.63, 3.8) is 0 Å². The number of nitrogens with zero attached hydrogens (tertiary/aromatic N) is 3. The van der Waals surface area contributed by atoms with Gasteiger partial charge in [-0.25, -0.2) is 14.5 Å². The van der Waals surface area contributed by atoms with Gasteiger partial charge in [-0.1, -0.05) is 17.7 Å². The normalized spacial score (nSPS) is 10.8. The number of aryl methyl sites for hydroxylation is 1. The van der Waals surface area contributed by atoms with Crippen LogP contribution in [0.15, 0.2) is 59.7 Å². The third kappa shape index (κ3) is 3.54. The Morgan fingerprint density at radius 3 is 2.61 bits per heavy atom. The summed E-state index contributed by atoms with van der Waals surface area (Å²) in [5.74, 6) is 1.31. The number of nitrogens with one attached hydrogen (secondary N) is 1. The molecule has 2 aromatic carbocycles. The molecule has 140 valence electrons. The Bertz CT molecular complexity index is 1230. The zero-order valence-corrected chi connectivity index (χ0v) is 14.6. The number of carbonyl (C=O) groups is 1. The van der Waals surface area contributed by atoms with Crippen LogP contribution in [-0.4, -0.2) is 31.0 Å². The molecule has 4 aromatic rings. The number of carboxylic acid groups (broad SMARTS) is 1. The second kappa shape index (κ2) is 6.88. The van der Waals surface area contributed by atoms with Crippen LogP contribution in [0.5, 0.6) is 17.2 Å². The molecular weight excluding hydrogens is 364 g/mol. The highest BCUT2D eigenvalue weighted by Crippen LogP contribution is 2.24. The van der Waals surface area contributed by atoms with Gasteiger partial charge >= 0.3 is 6.16 Å². The Morgan fingerprint density at radius 1 is 1.11 bits per heavy atom. The molecule has 0 spiro atoms. The van der Waals surface area contributed by atoms with Crippen LogP contribution < -0.4 is 15.0 Å². The summed E-state index contributed by atoms with van der Waals surface area (Å²) in [6.45, 7) is 1.99. The maximum atomic E-state index is 12.5. The van der Waals surface area contributed by atoms with E-state index in [1.54, 1.807) is 18.2 Å². The van der Waals surface area contributed by atoms with Crippen molar-refractivity contribution < 1.29 is 19.4 Å². The summed E-state index contributed by atoms with van der Waals surface area (Å²) >= 11 is 0. The number of ether oxygens (including phenoxy) is 2. The highest BCUT2D eigenvalue weighted by atomic mass is 16.7. The summed E-state index contributed by atoms with van der Waals surface area (Å²) in [6.07, 6.45) is 1.05. The lowest BCUT2D eigenvalue weighted by atomic mass is 10.2. The first-order valence-corrected chi connectivity index (χ1v) is 8.22. The van der Waals surface area contributed by atoms with E-state index in [0.717, 1.165) is 5.56 Å². The minimum atomic E-state index is -1.46. The quantitative estimate of drug-likeness (QED) is 0.523. The van der Waals surface area contributed by atoms with Crippen LogP contribution in [0.25, 0.3) is 16.9 Å². The topological polar surface area (TPSA) is 119 Å². The van der Waals surface area contributed by atoms with E-state index in [0.29, 0.717) is 22.4 Å². The molecule has 9 nitrogen and oxygen atoms in total. The van der Waals surface area contributed by atoms with Gasteiger partial charge in [0.2, 0.25) is 5.95 Å². The molecule has 0 aliphatic carbocycles. The molecule has 0 bridgehead atoms. The Morgan fingerprint density at radius 2 is 1.86 bits per heavy atom.